The number of nitrogens with zero attached hydrogens (tertiary/aromatic N) is 4. The van der Waals surface area contributed by atoms with E-state index in [0.717, 1.165) is 27.4 Å². The summed E-state index contributed by atoms with van der Waals surface area (Å²) in [5.41, 5.74) is 2.34. The van der Waals surface area contributed by atoms with Gasteiger partial charge in [-0.05, 0) is 24.3 Å². The Labute approximate surface area is 199 Å². The number of aromatic nitrogens is 2. The van der Waals surface area contributed by atoms with Gasteiger partial charge in [0.2, 0.25) is 5.78 Å². The van der Waals surface area contributed by atoms with Crippen molar-refractivity contribution in [3.8, 4) is 5.75 Å². The van der Waals surface area contributed by atoms with Gasteiger partial charge in [-0.3, -0.25) is 19.2 Å². The van der Waals surface area contributed by atoms with E-state index in [1.165, 1.54) is 18.3 Å². The molecule has 0 bridgehead atoms. The Bertz CT molecular complexity index is 1460. The van der Waals surface area contributed by atoms with E-state index in [1.807, 2.05) is 0 Å². The number of carbonyl (C=O) groups is 4. The van der Waals surface area contributed by atoms with Crippen molar-refractivity contribution >= 4 is 67.2 Å². The van der Waals surface area contributed by atoms with Crippen molar-refractivity contribution in [3.05, 3.63) is 70.7 Å². The molecule has 3 heterocycles. The standard InChI is InChI=1S/C22H13N5O5S2/c28-13-7-3-1-5-11(13)18(30)26-25-16-15(19-24-12-6-2-4-8-14(12)34-19)17(29)21(32)27(20(16)31)22-23-9-10-33-22/h1-10,15,28H,(H,26,30)/b25-16-/t15-/m0/s1. The second kappa shape index (κ2) is 8.57. The summed E-state index contributed by atoms with van der Waals surface area (Å²) in [6.07, 6.45) is 1.39. The molecule has 1 aliphatic heterocycles. The van der Waals surface area contributed by atoms with Crippen LogP contribution in [0.3, 0.4) is 0 Å². The van der Waals surface area contributed by atoms with Gasteiger partial charge >= 0.3 is 5.91 Å². The minimum absolute atomic E-state index is 0.00540. The number of phenolic OH excluding ortho intramolecular Hbond substituents is 1. The van der Waals surface area contributed by atoms with E-state index in [4.69, 9.17) is 0 Å². The summed E-state index contributed by atoms with van der Waals surface area (Å²) in [7, 11) is 0. The second-order valence-corrected chi connectivity index (χ2v) is 8.97. The highest BCUT2D eigenvalue weighted by Gasteiger charge is 2.49. The van der Waals surface area contributed by atoms with E-state index in [-0.39, 0.29) is 27.2 Å². The summed E-state index contributed by atoms with van der Waals surface area (Å²) in [6, 6.07) is 12.9. The fraction of sp³-hybridized carbons (Fsp3) is 0.0455. The molecule has 2 N–H and O–H groups in total. The van der Waals surface area contributed by atoms with E-state index >= 15 is 0 Å². The Kier molecular flexibility index (Phi) is 5.43. The van der Waals surface area contributed by atoms with Crippen LogP contribution in [-0.2, 0) is 14.4 Å². The van der Waals surface area contributed by atoms with Crippen molar-refractivity contribution in [1.82, 2.24) is 15.4 Å². The number of hydrogen-bond acceptors (Lipinski definition) is 10. The lowest BCUT2D eigenvalue weighted by atomic mass is 9.92. The summed E-state index contributed by atoms with van der Waals surface area (Å²) in [5.74, 6) is -5.38. The van der Waals surface area contributed by atoms with Crippen LogP contribution in [0, 0.1) is 0 Å². The van der Waals surface area contributed by atoms with E-state index in [0.29, 0.717) is 10.4 Å². The van der Waals surface area contributed by atoms with E-state index in [9.17, 15) is 24.3 Å². The minimum atomic E-state index is -1.40. The van der Waals surface area contributed by atoms with Gasteiger partial charge in [0.15, 0.2) is 5.13 Å². The van der Waals surface area contributed by atoms with Gasteiger partial charge in [-0.2, -0.15) is 5.10 Å². The predicted octanol–water partition coefficient (Wildman–Crippen LogP) is 2.47. The molecule has 2 aromatic heterocycles. The summed E-state index contributed by atoms with van der Waals surface area (Å²) in [4.78, 5) is 61.1. The number of carbonyl (C=O) groups excluding carboxylic acids is 4. The van der Waals surface area contributed by atoms with Gasteiger partial charge in [-0.25, -0.2) is 20.3 Å². The number of hydrogen-bond donors (Lipinski definition) is 2. The Hall–Kier alpha value is -4.29. The normalized spacial score (nSPS) is 17.5. The van der Waals surface area contributed by atoms with Gasteiger partial charge in [0.1, 0.15) is 22.4 Å². The van der Waals surface area contributed by atoms with Crippen LogP contribution in [0.25, 0.3) is 10.2 Å². The van der Waals surface area contributed by atoms with E-state index < -0.39 is 29.4 Å². The number of piperidine rings is 1. The second-order valence-electron chi connectivity index (χ2n) is 7.03. The first-order valence-electron chi connectivity index (χ1n) is 9.79. The number of anilines is 1. The predicted molar refractivity (Wildman–Crippen MR) is 125 cm³/mol. The number of amides is 3. The fourth-order valence-electron chi connectivity index (χ4n) is 3.38. The summed E-state index contributed by atoms with van der Waals surface area (Å²) in [5, 5.41) is 15.6. The minimum Gasteiger partial charge on any atom is -0.507 e. The molecular formula is C22H13N5O5S2. The maximum Gasteiger partial charge on any atom is 0.304 e. The van der Waals surface area contributed by atoms with Crippen molar-refractivity contribution in [1.29, 1.82) is 0 Å². The molecule has 0 unspecified atom stereocenters. The maximum atomic E-state index is 13.4. The number of Topliss-reactive ketones (excluding diaryl/α,β-unsaturated/α-hetero) is 1. The number of para-hydroxylation sites is 2. The lowest BCUT2D eigenvalue weighted by Gasteiger charge is -2.27. The zero-order chi connectivity index (χ0) is 23.8. The van der Waals surface area contributed by atoms with Crippen LogP contribution in [0.2, 0.25) is 0 Å². The number of aromatic hydroxyl groups is 1. The van der Waals surface area contributed by atoms with E-state index in [2.05, 4.69) is 20.5 Å². The molecule has 10 nitrogen and oxygen atoms in total. The monoisotopic (exact) mass is 491 g/mol. The van der Waals surface area contributed by atoms with Crippen molar-refractivity contribution in [3.63, 3.8) is 0 Å². The Morgan fingerprint density at radius 3 is 2.56 bits per heavy atom. The molecule has 1 fully saturated rings. The molecule has 168 valence electrons. The smallest absolute Gasteiger partial charge is 0.304 e. The number of ketones is 1. The molecule has 1 saturated heterocycles. The highest BCUT2D eigenvalue weighted by Crippen LogP contribution is 2.34. The first kappa shape index (κ1) is 21.6. The summed E-state index contributed by atoms with van der Waals surface area (Å²) < 4.78 is 0.755. The van der Waals surface area contributed by atoms with Crippen LogP contribution in [0.1, 0.15) is 21.3 Å². The quantitative estimate of drug-likeness (QED) is 0.254. The molecule has 1 atom stereocenters. The third-order valence-corrected chi connectivity index (χ3v) is 6.82. The number of benzene rings is 2. The first-order chi connectivity index (χ1) is 16.5. The van der Waals surface area contributed by atoms with E-state index in [1.54, 1.807) is 41.8 Å². The number of rotatable bonds is 4. The molecular weight excluding hydrogens is 478 g/mol. The lowest BCUT2D eigenvalue weighted by molar-refractivity contribution is -0.139. The maximum absolute atomic E-state index is 13.4. The Morgan fingerprint density at radius 2 is 1.82 bits per heavy atom. The van der Waals surface area contributed by atoms with Gasteiger partial charge in [0, 0.05) is 11.6 Å². The van der Waals surface area contributed by atoms with Crippen LogP contribution in [0.15, 0.2) is 65.2 Å². The molecule has 0 saturated carbocycles. The zero-order valence-electron chi connectivity index (χ0n) is 17.0. The van der Waals surface area contributed by atoms with Crippen LogP contribution >= 0.6 is 22.7 Å². The fourth-order valence-corrected chi connectivity index (χ4v) is 5.09. The number of fused-ring (bicyclic) bond motifs is 1. The van der Waals surface area contributed by atoms with Crippen molar-refractivity contribution in [2.45, 2.75) is 5.92 Å². The van der Waals surface area contributed by atoms with Crippen molar-refractivity contribution in [2.75, 3.05) is 4.90 Å². The summed E-state index contributed by atoms with van der Waals surface area (Å²) >= 11 is 2.14. The molecule has 5 rings (SSSR count). The van der Waals surface area contributed by atoms with Gasteiger partial charge in [0.25, 0.3) is 11.8 Å². The molecule has 0 radical (unpaired) electrons. The Balaban J connectivity index is 1.59. The lowest BCUT2D eigenvalue weighted by Crippen LogP contribution is -2.55. The number of phenols is 1. The van der Waals surface area contributed by atoms with Gasteiger partial charge in [0.05, 0.1) is 15.8 Å². The molecule has 12 heteroatoms. The van der Waals surface area contributed by atoms with Crippen LogP contribution in [0.5, 0.6) is 5.75 Å². The van der Waals surface area contributed by atoms with Gasteiger partial charge < -0.3 is 5.11 Å². The average molecular weight is 492 g/mol. The Morgan fingerprint density at radius 1 is 1.06 bits per heavy atom. The molecule has 0 spiro atoms. The molecule has 0 aliphatic carbocycles. The summed E-state index contributed by atoms with van der Waals surface area (Å²) in [6.45, 7) is 0. The zero-order valence-corrected chi connectivity index (χ0v) is 18.7. The molecule has 4 aromatic rings. The first-order valence-corrected chi connectivity index (χ1v) is 11.5. The topological polar surface area (TPSA) is 142 Å². The number of imide groups is 1. The average Bonchev–Trinajstić information content (AvgIpc) is 3.51. The number of thiazole rings is 2. The molecule has 2 aromatic carbocycles. The largest absolute Gasteiger partial charge is 0.507 e. The number of nitrogens with one attached hydrogen (secondary N) is 1. The van der Waals surface area contributed by atoms with Gasteiger partial charge in [-0.1, -0.05) is 24.3 Å². The number of hydrazone groups is 1. The SMILES string of the molecule is O=C(N/N=C1\C(=O)N(c2nccs2)C(=O)C(=O)[C@H]1c1nc2ccccc2s1)c1ccccc1O. The van der Waals surface area contributed by atoms with Gasteiger partial charge in [-0.15, -0.1) is 22.7 Å². The molecule has 34 heavy (non-hydrogen) atoms. The molecule has 1 aliphatic rings. The van der Waals surface area contributed by atoms with Crippen molar-refractivity contribution < 1.29 is 24.3 Å². The third kappa shape index (κ3) is 3.64. The molecule has 3 amide bonds. The van der Waals surface area contributed by atoms with Crippen LogP contribution in [-0.4, -0.2) is 44.3 Å². The third-order valence-electron chi connectivity index (χ3n) is 4.97. The van der Waals surface area contributed by atoms with Crippen LogP contribution in [0.4, 0.5) is 5.13 Å². The van der Waals surface area contributed by atoms with Crippen LogP contribution < -0.4 is 10.3 Å². The van der Waals surface area contributed by atoms with Crippen molar-refractivity contribution in [2.24, 2.45) is 5.10 Å². The highest BCUT2D eigenvalue weighted by molar-refractivity contribution is 7.19. The highest BCUT2D eigenvalue weighted by atomic mass is 32.1.